The number of aromatic nitrogens is 1. The highest BCUT2D eigenvalue weighted by Gasteiger charge is 2.20. The van der Waals surface area contributed by atoms with Crippen LogP contribution < -0.4 is 9.57 Å². The van der Waals surface area contributed by atoms with E-state index in [2.05, 4.69) is 28.1 Å². The molecule has 0 amide bonds. The van der Waals surface area contributed by atoms with Gasteiger partial charge in [0.1, 0.15) is 30.7 Å². The Hall–Kier alpha value is -2.96. The Labute approximate surface area is 147 Å². The van der Waals surface area contributed by atoms with Gasteiger partial charge in [0.15, 0.2) is 0 Å². The van der Waals surface area contributed by atoms with Gasteiger partial charge in [0, 0.05) is 10.9 Å². The topological polar surface area (TPSA) is 71.0 Å². The van der Waals surface area contributed by atoms with Crippen molar-refractivity contribution in [3.05, 3.63) is 52.0 Å². The molecule has 0 radical (unpaired) electrons. The number of methoxy groups -OCH3 is 1. The molecule has 1 aromatic heterocycles. The summed E-state index contributed by atoms with van der Waals surface area (Å²) in [7, 11) is 3.17. The molecule has 2 aromatic carbocycles. The predicted octanol–water partition coefficient (Wildman–Crippen LogP) is 3.88. The number of nitriles is 2. The van der Waals surface area contributed by atoms with Gasteiger partial charge in [0.05, 0.1) is 28.2 Å². The van der Waals surface area contributed by atoms with Crippen LogP contribution in [0.1, 0.15) is 11.1 Å². The van der Waals surface area contributed by atoms with Gasteiger partial charge in [-0.2, -0.15) is 15.3 Å². The molecule has 6 heteroatoms. The lowest BCUT2D eigenvalue weighted by atomic mass is 10.1. The van der Waals surface area contributed by atoms with E-state index < -0.39 is 0 Å². The van der Waals surface area contributed by atoms with Crippen LogP contribution in [0.5, 0.6) is 5.75 Å². The lowest BCUT2D eigenvalue weighted by molar-refractivity contribution is 0.183. The number of benzene rings is 2. The van der Waals surface area contributed by atoms with Crippen molar-refractivity contribution in [1.29, 1.82) is 10.5 Å². The molecule has 118 valence electrons. The Morgan fingerprint density at radius 1 is 1.00 bits per heavy atom. The monoisotopic (exact) mass is 381 g/mol. The van der Waals surface area contributed by atoms with E-state index in [4.69, 9.17) is 9.57 Å². The van der Waals surface area contributed by atoms with E-state index in [1.165, 1.54) is 0 Å². The molecule has 3 aromatic rings. The van der Waals surface area contributed by atoms with Crippen LogP contribution in [0, 0.1) is 22.7 Å². The molecule has 0 saturated carbocycles. The van der Waals surface area contributed by atoms with E-state index in [9.17, 15) is 10.5 Å². The molecule has 0 saturated heterocycles. The quantitative estimate of drug-likeness (QED) is 0.689. The Morgan fingerprint density at radius 3 is 2.17 bits per heavy atom. The Bertz CT molecular complexity index is 1010. The fraction of sp³-hybridized carbons (Fsp3) is 0.111. The van der Waals surface area contributed by atoms with Gasteiger partial charge in [0.25, 0.3) is 0 Å². The highest BCUT2D eigenvalue weighted by Crippen LogP contribution is 2.38. The normalized spacial score (nSPS) is 10.2. The molecule has 0 aliphatic rings. The molecule has 24 heavy (non-hydrogen) atoms. The third-order valence-electron chi connectivity index (χ3n) is 3.79. The second-order valence-electron chi connectivity index (χ2n) is 5.01. The summed E-state index contributed by atoms with van der Waals surface area (Å²) in [5, 5.41) is 19.3. The molecule has 0 unspecified atom stereocenters. The number of nitrogens with zero attached hydrogens (tertiary/aromatic N) is 3. The first-order valence-corrected chi connectivity index (χ1v) is 7.81. The Kier molecular flexibility index (Phi) is 4.16. The van der Waals surface area contributed by atoms with E-state index in [1.54, 1.807) is 31.1 Å². The Morgan fingerprint density at radius 2 is 1.62 bits per heavy atom. The van der Waals surface area contributed by atoms with Crippen LogP contribution in [-0.4, -0.2) is 19.0 Å². The minimum atomic E-state index is 0.314. The number of halogens is 1. The third kappa shape index (κ3) is 2.38. The molecule has 0 atom stereocenters. The molecule has 0 aliphatic heterocycles. The van der Waals surface area contributed by atoms with Gasteiger partial charge in [-0.1, -0.05) is 0 Å². The highest BCUT2D eigenvalue weighted by atomic mass is 79.9. The van der Waals surface area contributed by atoms with E-state index in [-0.39, 0.29) is 0 Å². The summed E-state index contributed by atoms with van der Waals surface area (Å²) in [6.07, 6.45) is 0. The van der Waals surface area contributed by atoms with Crippen molar-refractivity contribution in [2.75, 3.05) is 14.2 Å². The summed E-state index contributed by atoms with van der Waals surface area (Å²) in [5.74, 6) is 0.758. The van der Waals surface area contributed by atoms with Crippen LogP contribution in [0.3, 0.4) is 0 Å². The fourth-order valence-electron chi connectivity index (χ4n) is 2.64. The molecule has 3 rings (SSSR count). The molecule has 0 bridgehead atoms. The van der Waals surface area contributed by atoms with Gasteiger partial charge < -0.3 is 9.57 Å². The summed E-state index contributed by atoms with van der Waals surface area (Å²) >= 11 is 3.60. The predicted molar refractivity (Wildman–Crippen MR) is 93.6 cm³/mol. The summed E-state index contributed by atoms with van der Waals surface area (Å²) in [5.41, 5.74) is 3.08. The summed E-state index contributed by atoms with van der Waals surface area (Å²) < 4.78 is 7.63. The lowest BCUT2D eigenvalue weighted by Crippen LogP contribution is -2.07. The molecular formula is C18H12BrN3O2. The summed E-state index contributed by atoms with van der Waals surface area (Å²) in [4.78, 5) is 5.53. The van der Waals surface area contributed by atoms with Gasteiger partial charge in [-0.05, 0) is 52.3 Å². The highest BCUT2D eigenvalue weighted by molar-refractivity contribution is 9.10. The number of hydrogen-bond donors (Lipinski definition) is 0. The second kappa shape index (κ2) is 6.27. The average Bonchev–Trinajstić information content (AvgIpc) is 2.91. The van der Waals surface area contributed by atoms with Crippen molar-refractivity contribution < 1.29 is 9.57 Å². The van der Waals surface area contributed by atoms with Gasteiger partial charge in [-0.3, -0.25) is 0 Å². The average molecular weight is 382 g/mol. The zero-order chi connectivity index (χ0) is 17.3. The van der Waals surface area contributed by atoms with E-state index in [0.29, 0.717) is 16.6 Å². The maximum atomic E-state index is 9.25. The number of hydrogen-bond acceptors (Lipinski definition) is 4. The fourth-order valence-corrected chi connectivity index (χ4v) is 3.34. The van der Waals surface area contributed by atoms with Crippen molar-refractivity contribution in [2.24, 2.45) is 0 Å². The van der Waals surface area contributed by atoms with Crippen LogP contribution in [0.4, 0.5) is 0 Å². The maximum absolute atomic E-state index is 9.25. The number of rotatable bonds is 3. The molecule has 1 heterocycles. The van der Waals surface area contributed by atoms with Crippen LogP contribution in [-0.2, 0) is 0 Å². The van der Waals surface area contributed by atoms with Crippen LogP contribution >= 0.6 is 15.9 Å². The van der Waals surface area contributed by atoms with Gasteiger partial charge in [-0.15, -0.1) is 0 Å². The first-order valence-electron chi connectivity index (χ1n) is 7.01. The van der Waals surface area contributed by atoms with Gasteiger partial charge >= 0.3 is 0 Å². The summed E-state index contributed by atoms with van der Waals surface area (Å²) in [6, 6.07) is 15.0. The molecule has 5 nitrogen and oxygen atoms in total. The zero-order valence-corrected chi connectivity index (χ0v) is 14.6. The van der Waals surface area contributed by atoms with E-state index in [0.717, 1.165) is 26.9 Å². The van der Waals surface area contributed by atoms with Crippen LogP contribution in [0.2, 0.25) is 0 Å². The van der Waals surface area contributed by atoms with E-state index >= 15 is 0 Å². The van der Waals surface area contributed by atoms with E-state index in [1.807, 2.05) is 24.3 Å². The minimum Gasteiger partial charge on any atom is -0.497 e. The lowest BCUT2D eigenvalue weighted by Gasteiger charge is -2.09. The first kappa shape index (κ1) is 15.9. The third-order valence-corrected chi connectivity index (χ3v) is 4.59. The van der Waals surface area contributed by atoms with Crippen molar-refractivity contribution in [1.82, 2.24) is 4.73 Å². The minimum absolute atomic E-state index is 0.314. The van der Waals surface area contributed by atoms with Crippen LogP contribution in [0.25, 0.3) is 22.2 Å². The molecule has 0 fully saturated rings. The SMILES string of the molecule is COc1ccc(-c2c(Br)c3cc(C#N)c(C#N)cc3n2OC)cc1. The van der Waals surface area contributed by atoms with Crippen molar-refractivity contribution in [3.63, 3.8) is 0 Å². The van der Waals surface area contributed by atoms with Crippen molar-refractivity contribution >= 4 is 26.8 Å². The smallest absolute Gasteiger partial charge is 0.118 e. The zero-order valence-electron chi connectivity index (χ0n) is 13.0. The number of fused-ring (bicyclic) bond motifs is 1. The summed E-state index contributed by atoms with van der Waals surface area (Å²) in [6.45, 7) is 0. The standard InChI is InChI=1S/C18H12BrN3O2/c1-23-14-5-3-11(4-6-14)18-17(19)15-7-12(9-20)13(10-21)8-16(15)22(18)24-2/h3-8H,1-2H3. The molecule has 0 spiro atoms. The van der Waals surface area contributed by atoms with Crippen molar-refractivity contribution in [2.45, 2.75) is 0 Å². The maximum Gasteiger partial charge on any atom is 0.118 e. The molecular weight excluding hydrogens is 370 g/mol. The van der Waals surface area contributed by atoms with Crippen molar-refractivity contribution in [3.8, 4) is 29.1 Å². The molecule has 0 aliphatic carbocycles. The second-order valence-corrected chi connectivity index (χ2v) is 5.80. The molecule has 0 N–H and O–H groups in total. The Balaban J connectivity index is 2.34. The van der Waals surface area contributed by atoms with Crippen LogP contribution in [0.15, 0.2) is 40.9 Å². The number of ether oxygens (including phenoxy) is 1. The van der Waals surface area contributed by atoms with Gasteiger partial charge in [-0.25, -0.2) is 0 Å². The largest absolute Gasteiger partial charge is 0.497 e. The first-order chi connectivity index (χ1) is 11.6. The van der Waals surface area contributed by atoms with Gasteiger partial charge in [0.2, 0.25) is 0 Å².